The molecule has 4 rings (SSSR count). The number of amides is 1. The molecule has 0 aliphatic carbocycles. The van der Waals surface area contributed by atoms with E-state index in [0.29, 0.717) is 23.3 Å². The first-order valence-electron chi connectivity index (χ1n) is 9.53. The smallest absolute Gasteiger partial charge is 0.262 e. The number of nitrogens with zero attached hydrogens (tertiary/aromatic N) is 3. The zero-order valence-corrected chi connectivity index (χ0v) is 18.2. The molecule has 3 heterocycles. The fourth-order valence-corrected chi connectivity index (χ4v) is 5.25. The minimum Gasteiger partial charge on any atom is -0.332 e. The quantitative estimate of drug-likeness (QED) is 0.395. The Kier molecular flexibility index (Phi) is 5.92. The molecular weight excluding hydrogens is 414 g/mol. The van der Waals surface area contributed by atoms with Crippen molar-refractivity contribution in [2.24, 2.45) is 0 Å². The Morgan fingerprint density at radius 2 is 2.03 bits per heavy atom. The van der Waals surface area contributed by atoms with E-state index in [1.807, 2.05) is 54.8 Å². The summed E-state index contributed by atoms with van der Waals surface area (Å²) in [6.45, 7) is 6.58. The second-order valence-corrected chi connectivity index (χ2v) is 8.95. The standard InChI is InChI=1S/C23H21N3O2S2/c1-3-11-25(13-18-10-7-12-29-18)19(27)14-26-15-24-22-20(23(26)28)16(2)21(30-22)17-8-5-4-6-9-17/h3-10,12,15H,1,11,13-14H2,2H3. The lowest BCUT2D eigenvalue weighted by molar-refractivity contribution is -0.131. The molecule has 1 amide bonds. The van der Waals surface area contributed by atoms with Crippen molar-refractivity contribution in [3.63, 3.8) is 0 Å². The summed E-state index contributed by atoms with van der Waals surface area (Å²) in [7, 11) is 0. The van der Waals surface area contributed by atoms with E-state index in [4.69, 9.17) is 0 Å². The average molecular weight is 436 g/mol. The minimum absolute atomic E-state index is 0.0447. The summed E-state index contributed by atoms with van der Waals surface area (Å²) in [5, 5.41) is 2.57. The number of carbonyl (C=O) groups excluding carboxylic acids is 1. The van der Waals surface area contributed by atoms with Gasteiger partial charge in [-0.1, -0.05) is 42.5 Å². The molecule has 5 nitrogen and oxygen atoms in total. The van der Waals surface area contributed by atoms with E-state index in [2.05, 4.69) is 11.6 Å². The van der Waals surface area contributed by atoms with Gasteiger partial charge in [-0.15, -0.1) is 29.3 Å². The predicted octanol–water partition coefficient (Wildman–Crippen LogP) is 4.71. The lowest BCUT2D eigenvalue weighted by Crippen LogP contribution is -2.36. The van der Waals surface area contributed by atoms with Gasteiger partial charge in [0.1, 0.15) is 11.4 Å². The molecule has 0 aliphatic rings. The summed E-state index contributed by atoms with van der Waals surface area (Å²) in [6.07, 6.45) is 3.18. The van der Waals surface area contributed by atoms with Crippen LogP contribution in [0.4, 0.5) is 0 Å². The van der Waals surface area contributed by atoms with Crippen LogP contribution in [0, 0.1) is 6.92 Å². The van der Waals surface area contributed by atoms with E-state index in [9.17, 15) is 9.59 Å². The summed E-state index contributed by atoms with van der Waals surface area (Å²) in [5.41, 5.74) is 1.79. The number of aryl methyl sites for hydroxylation is 1. The maximum atomic E-state index is 13.2. The maximum Gasteiger partial charge on any atom is 0.262 e. The highest BCUT2D eigenvalue weighted by atomic mass is 32.1. The van der Waals surface area contributed by atoms with Gasteiger partial charge in [0.25, 0.3) is 5.56 Å². The van der Waals surface area contributed by atoms with Gasteiger partial charge < -0.3 is 4.90 Å². The zero-order chi connectivity index (χ0) is 21.1. The molecule has 0 atom stereocenters. The molecule has 3 aromatic heterocycles. The maximum absolute atomic E-state index is 13.2. The fraction of sp³-hybridized carbons (Fsp3) is 0.174. The first-order valence-corrected chi connectivity index (χ1v) is 11.2. The number of rotatable bonds is 7. The van der Waals surface area contributed by atoms with E-state index >= 15 is 0 Å². The van der Waals surface area contributed by atoms with Crippen LogP contribution in [-0.2, 0) is 17.9 Å². The molecule has 0 bridgehead atoms. The Balaban J connectivity index is 1.65. The minimum atomic E-state index is -0.182. The molecule has 4 aromatic rings. The lowest BCUT2D eigenvalue weighted by atomic mass is 10.1. The Morgan fingerprint density at radius 1 is 1.23 bits per heavy atom. The molecule has 152 valence electrons. The normalized spacial score (nSPS) is 11.0. The number of benzene rings is 1. The number of carbonyl (C=O) groups is 1. The molecule has 0 saturated heterocycles. The van der Waals surface area contributed by atoms with E-state index in [0.717, 1.165) is 20.9 Å². The first-order chi connectivity index (χ1) is 14.6. The fourth-order valence-electron chi connectivity index (χ4n) is 3.38. The Bertz CT molecular complexity index is 1240. The van der Waals surface area contributed by atoms with Crippen molar-refractivity contribution >= 4 is 38.8 Å². The van der Waals surface area contributed by atoms with Gasteiger partial charge in [-0.05, 0) is 29.5 Å². The Morgan fingerprint density at radius 3 is 2.73 bits per heavy atom. The SMILES string of the molecule is C=CCN(Cc1cccs1)C(=O)Cn1cnc2sc(-c3ccccc3)c(C)c2c1=O. The van der Waals surface area contributed by atoms with Crippen LogP contribution < -0.4 is 5.56 Å². The highest BCUT2D eigenvalue weighted by Crippen LogP contribution is 2.35. The molecule has 0 N–H and O–H groups in total. The van der Waals surface area contributed by atoms with Gasteiger partial charge in [-0.3, -0.25) is 14.2 Å². The van der Waals surface area contributed by atoms with Crippen molar-refractivity contribution in [3.05, 3.63) is 87.6 Å². The molecule has 0 unspecified atom stereocenters. The van der Waals surface area contributed by atoms with Crippen molar-refractivity contribution in [2.75, 3.05) is 6.54 Å². The third-order valence-electron chi connectivity index (χ3n) is 4.89. The van der Waals surface area contributed by atoms with Crippen molar-refractivity contribution < 1.29 is 4.79 Å². The van der Waals surface area contributed by atoms with Crippen LogP contribution in [0.15, 0.2) is 71.6 Å². The molecule has 0 spiro atoms. The largest absolute Gasteiger partial charge is 0.332 e. The van der Waals surface area contributed by atoms with Gasteiger partial charge in [-0.25, -0.2) is 4.98 Å². The molecule has 0 saturated carbocycles. The summed E-state index contributed by atoms with van der Waals surface area (Å²) in [6, 6.07) is 13.9. The van der Waals surface area contributed by atoms with Crippen LogP contribution in [-0.4, -0.2) is 26.9 Å². The molecule has 0 radical (unpaired) electrons. The van der Waals surface area contributed by atoms with E-state index < -0.39 is 0 Å². The van der Waals surface area contributed by atoms with Gasteiger partial charge in [0.05, 0.1) is 18.3 Å². The molecule has 0 fully saturated rings. The van der Waals surface area contributed by atoms with Gasteiger partial charge in [0.15, 0.2) is 0 Å². The molecular formula is C23H21N3O2S2. The van der Waals surface area contributed by atoms with E-state index in [1.165, 1.54) is 22.2 Å². The highest BCUT2D eigenvalue weighted by molar-refractivity contribution is 7.22. The van der Waals surface area contributed by atoms with Crippen molar-refractivity contribution in [3.8, 4) is 10.4 Å². The van der Waals surface area contributed by atoms with Crippen LogP contribution in [0.1, 0.15) is 10.4 Å². The van der Waals surface area contributed by atoms with Crippen LogP contribution in [0.25, 0.3) is 20.7 Å². The summed E-state index contributed by atoms with van der Waals surface area (Å²) < 4.78 is 1.41. The number of fused-ring (bicyclic) bond motifs is 1. The molecule has 7 heteroatoms. The second-order valence-electron chi connectivity index (χ2n) is 6.92. The van der Waals surface area contributed by atoms with Crippen molar-refractivity contribution in [2.45, 2.75) is 20.0 Å². The van der Waals surface area contributed by atoms with E-state index in [1.54, 1.807) is 22.3 Å². The van der Waals surface area contributed by atoms with Crippen molar-refractivity contribution in [1.82, 2.24) is 14.5 Å². The Hall–Kier alpha value is -3.03. The average Bonchev–Trinajstić information content (AvgIpc) is 3.38. The van der Waals surface area contributed by atoms with Crippen LogP contribution >= 0.6 is 22.7 Å². The Labute approximate surface area is 182 Å². The monoisotopic (exact) mass is 435 g/mol. The van der Waals surface area contributed by atoms with Gasteiger partial charge >= 0.3 is 0 Å². The van der Waals surface area contributed by atoms with Gasteiger partial charge in [-0.2, -0.15) is 0 Å². The highest BCUT2D eigenvalue weighted by Gasteiger charge is 2.19. The zero-order valence-electron chi connectivity index (χ0n) is 16.6. The number of hydrogen-bond acceptors (Lipinski definition) is 5. The van der Waals surface area contributed by atoms with Crippen LogP contribution in [0.2, 0.25) is 0 Å². The number of hydrogen-bond donors (Lipinski definition) is 0. The third kappa shape index (κ3) is 3.99. The summed E-state index contributed by atoms with van der Waals surface area (Å²) in [4.78, 5) is 35.1. The molecule has 0 aliphatic heterocycles. The number of aromatic nitrogens is 2. The molecule has 1 aromatic carbocycles. The second kappa shape index (κ2) is 8.77. The van der Waals surface area contributed by atoms with Crippen LogP contribution in [0.5, 0.6) is 0 Å². The number of thiophene rings is 2. The van der Waals surface area contributed by atoms with Gasteiger partial charge in [0, 0.05) is 16.3 Å². The first kappa shape index (κ1) is 20.3. The summed E-state index contributed by atoms with van der Waals surface area (Å²) in [5.74, 6) is -0.136. The predicted molar refractivity (Wildman–Crippen MR) is 124 cm³/mol. The van der Waals surface area contributed by atoms with Gasteiger partial charge in [0.2, 0.25) is 5.91 Å². The lowest BCUT2D eigenvalue weighted by Gasteiger charge is -2.20. The topological polar surface area (TPSA) is 55.2 Å². The third-order valence-corrected chi connectivity index (χ3v) is 7.00. The van der Waals surface area contributed by atoms with E-state index in [-0.39, 0.29) is 18.0 Å². The molecule has 30 heavy (non-hydrogen) atoms. The van der Waals surface area contributed by atoms with Crippen LogP contribution in [0.3, 0.4) is 0 Å². The summed E-state index contributed by atoms with van der Waals surface area (Å²) >= 11 is 3.11. The van der Waals surface area contributed by atoms with Crippen molar-refractivity contribution in [1.29, 1.82) is 0 Å².